The van der Waals surface area contributed by atoms with Crippen molar-refractivity contribution in [1.29, 1.82) is 0 Å². The second kappa shape index (κ2) is 4.95. The van der Waals surface area contributed by atoms with E-state index in [-0.39, 0.29) is 5.91 Å². The lowest BCUT2D eigenvalue weighted by atomic mass is 10.3. The molecular formula is C10H6BrClN2OS. The third-order valence-electron chi connectivity index (χ3n) is 1.78. The second-order valence-corrected chi connectivity index (χ2v) is 5.69. The Morgan fingerprint density at radius 2 is 2.31 bits per heavy atom. The molecule has 0 aliphatic heterocycles. The summed E-state index contributed by atoms with van der Waals surface area (Å²) in [7, 11) is 0. The molecule has 2 rings (SSSR count). The van der Waals surface area contributed by atoms with Crippen LogP contribution in [-0.2, 0) is 0 Å². The van der Waals surface area contributed by atoms with Gasteiger partial charge in [0, 0.05) is 10.7 Å². The average molecular weight is 318 g/mol. The Morgan fingerprint density at radius 1 is 1.50 bits per heavy atom. The van der Waals surface area contributed by atoms with Gasteiger partial charge in [0.2, 0.25) is 0 Å². The maximum atomic E-state index is 11.7. The van der Waals surface area contributed by atoms with E-state index < -0.39 is 0 Å². The first-order chi connectivity index (χ1) is 7.65. The summed E-state index contributed by atoms with van der Waals surface area (Å²) < 4.78 is 0.684. The standard InChI is InChI=1S/C10H6BrClN2OS/c11-10-13-5-8(16-10)9(15)14-7-3-1-2-6(12)4-7/h1-5H,(H,14,15). The van der Waals surface area contributed by atoms with Crippen molar-refractivity contribution in [3.63, 3.8) is 0 Å². The smallest absolute Gasteiger partial charge is 0.267 e. The Morgan fingerprint density at radius 3 is 2.94 bits per heavy atom. The zero-order chi connectivity index (χ0) is 11.5. The molecule has 0 saturated heterocycles. The summed E-state index contributed by atoms with van der Waals surface area (Å²) in [6.07, 6.45) is 1.52. The van der Waals surface area contributed by atoms with Crippen molar-refractivity contribution >= 4 is 50.5 Å². The van der Waals surface area contributed by atoms with E-state index in [0.29, 0.717) is 19.5 Å². The van der Waals surface area contributed by atoms with Crippen LogP contribution in [-0.4, -0.2) is 10.9 Å². The topological polar surface area (TPSA) is 42.0 Å². The van der Waals surface area contributed by atoms with Gasteiger partial charge < -0.3 is 5.32 Å². The zero-order valence-corrected chi connectivity index (χ0v) is 11.1. The number of anilines is 1. The maximum Gasteiger partial charge on any atom is 0.267 e. The third kappa shape index (κ3) is 2.81. The molecule has 2 aromatic rings. The number of rotatable bonds is 2. The minimum Gasteiger partial charge on any atom is -0.321 e. The minimum atomic E-state index is -0.189. The van der Waals surface area contributed by atoms with Crippen molar-refractivity contribution in [2.75, 3.05) is 5.32 Å². The quantitative estimate of drug-likeness (QED) is 0.915. The van der Waals surface area contributed by atoms with E-state index >= 15 is 0 Å². The molecular weight excluding hydrogens is 312 g/mol. The minimum absolute atomic E-state index is 0.189. The molecule has 0 aliphatic rings. The highest BCUT2D eigenvalue weighted by atomic mass is 79.9. The number of nitrogens with zero attached hydrogens (tertiary/aromatic N) is 1. The SMILES string of the molecule is O=C(Nc1cccc(Cl)c1)c1cnc(Br)s1. The molecule has 16 heavy (non-hydrogen) atoms. The molecule has 6 heteroatoms. The predicted octanol–water partition coefficient (Wildman–Crippen LogP) is 3.81. The Labute approximate surface area is 110 Å². The molecule has 0 fully saturated rings. The van der Waals surface area contributed by atoms with Gasteiger partial charge >= 0.3 is 0 Å². The highest BCUT2D eigenvalue weighted by molar-refractivity contribution is 9.11. The molecule has 1 aromatic carbocycles. The summed E-state index contributed by atoms with van der Waals surface area (Å²) in [5.41, 5.74) is 0.669. The molecule has 0 spiro atoms. The van der Waals surface area contributed by atoms with Gasteiger partial charge in [0.05, 0.1) is 6.20 Å². The molecule has 0 unspecified atom stereocenters. The van der Waals surface area contributed by atoms with E-state index in [4.69, 9.17) is 11.6 Å². The third-order valence-corrected chi connectivity index (χ3v) is 3.49. The summed E-state index contributed by atoms with van der Waals surface area (Å²) >= 11 is 10.3. The summed E-state index contributed by atoms with van der Waals surface area (Å²) in [6.45, 7) is 0. The molecule has 0 saturated carbocycles. The number of aromatic nitrogens is 1. The largest absolute Gasteiger partial charge is 0.321 e. The fourth-order valence-corrected chi connectivity index (χ4v) is 2.47. The van der Waals surface area contributed by atoms with Crippen molar-refractivity contribution in [1.82, 2.24) is 4.98 Å². The van der Waals surface area contributed by atoms with E-state index in [9.17, 15) is 4.79 Å². The first-order valence-corrected chi connectivity index (χ1v) is 6.32. The Kier molecular flexibility index (Phi) is 3.58. The van der Waals surface area contributed by atoms with Gasteiger partial charge in [-0.1, -0.05) is 17.7 Å². The first kappa shape index (κ1) is 11.6. The number of amides is 1. The molecule has 1 aromatic heterocycles. The van der Waals surface area contributed by atoms with Crippen LogP contribution in [0.5, 0.6) is 0 Å². The van der Waals surface area contributed by atoms with Crippen LogP contribution >= 0.6 is 38.9 Å². The van der Waals surface area contributed by atoms with Crippen LogP contribution in [0.15, 0.2) is 34.4 Å². The molecule has 0 radical (unpaired) electrons. The number of thiazole rings is 1. The summed E-state index contributed by atoms with van der Waals surface area (Å²) in [5, 5.41) is 3.32. The Bertz CT molecular complexity index is 529. The van der Waals surface area contributed by atoms with Gasteiger partial charge in [0.15, 0.2) is 3.92 Å². The second-order valence-electron chi connectivity index (χ2n) is 2.94. The van der Waals surface area contributed by atoms with Crippen LogP contribution in [0.3, 0.4) is 0 Å². The molecule has 1 amide bonds. The van der Waals surface area contributed by atoms with Crippen molar-refractivity contribution in [2.45, 2.75) is 0 Å². The van der Waals surface area contributed by atoms with Crippen molar-refractivity contribution < 1.29 is 4.79 Å². The van der Waals surface area contributed by atoms with Gasteiger partial charge in [-0.25, -0.2) is 4.98 Å². The van der Waals surface area contributed by atoms with Gasteiger partial charge in [-0.15, -0.1) is 11.3 Å². The fourth-order valence-electron chi connectivity index (χ4n) is 1.12. The van der Waals surface area contributed by atoms with Gasteiger partial charge in [0.1, 0.15) is 4.88 Å². The Balaban J connectivity index is 2.13. The predicted molar refractivity (Wildman–Crippen MR) is 69.2 cm³/mol. The lowest BCUT2D eigenvalue weighted by Crippen LogP contribution is -2.09. The van der Waals surface area contributed by atoms with Crippen LogP contribution in [0.4, 0.5) is 5.69 Å². The van der Waals surface area contributed by atoms with E-state index in [0.717, 1.165) is 0 Å². The van der Waals surface area contributed by atoms with E-state index in [1.165, 1.54) is 17.5 Å². The molecule has 0 bridgehead atoms. The Hall–Kier alpha value is -0.910. The summed E-state index contributed by atoms with van der Waals surface area (Å²) in [5.74, 6) is -0.189. The molecule has 0 atom stereocenters. The van der Waals surface area contributed by atoms with Gasteiger partial charge in [-0.05, 0) is 34.1 Å². The van der Waals surface area contributed by atoms with Crippen molar-refractivity contribution in [3.8, 4) is 0 Å². The normalized spacial score (nSPS) is 10.1. The number of hydrogen-bond acceptors (Lipinski definition) is 3. The number of hydrogen-bond donors (Lipinski definition) is 1. The highest BCUT2D eigenvalue weighted by Gasteiger charge is 2.09. The first-order valence-electron chi connectivity index (χ1n) is 4.33. The zero-order valence-electron chi connectivity index (χ0n) is 7.91. The number of carbonyl (C=O) groups is 1. The van der Waals surface area contributed by atoms with E-state index in [1.807, 2.05) is 0 Å². The molecule has 0 aliphatic carbocycles. The van der Waals surface area contributed by atoms with Crippen LogP contribution in [0.25, 0.3) is 0 Å². The number of carbonyl (C=O) groups excluding carboxylic acids is 1. The molecule has 3 nitrogen and oxygen atoms in total. The lowest BCUT2D eigenvalue weighted by Gasteiger charge is -2.02. The number of benzene rings is 1. The molecule has 1 heterocycles. The fraction of sp³-hybridized carbons (Fsp3) is 0. The monoisotopic (exact) mass is 316 g/mol. The van der Waals surface area contributed by atoms with Gasteiger partial charge in [0.25, 0.3) is 5.91 Å². The van der Waals surface area contributed by atoms with Gasteiger partial charge in [-0.3, -0.25) is 4.79 Å². The van der Waals surface area contributed by atoms with Crippen molar-refractivity contribution in [2.24, 2.45) is 0 Å². The summed E-state index contributed by atoms with van der Waals surface area (Å²) in [4.78, 5) is 16.2. The molecule has 82 valence electrons. The van der Waals surface area contributed by atoms with Crippen LogP contribution < -0.4 is 5.32 Å². The summed E-state index contributed by atoms with van der Waals surface area (Å²) in [6, 6.07) is 7.00. The lowest BCUT2D eigenvalue weighted by molar-refractivity contribution is 0.103. The average Bonchev–Trinajstić information content (AvgIpc) is 2.65. The maximum absolute atomic E-state index is 11.7. The highest BCUT2D eigenvalue weighted by Crippen LogP contribution is 2.20. The molecule has 1 N–H and O–H groups in total. The van der Waals surface area contributed by atoms with Crippen molar-refractivity contribution in [3.05, 3.63) is 44.3 Å². The van der Waals surface area contributed by atoms with Crippen LogP contribution in [0.1, 0.15) is 9.67 Å². The van der Waals surface area contributed by atoms with E-state index in [1.54, 1.807) is 24.3 Å². The number of halogens is 2. The number of nitrogens with one attached hydrogen (secondary N) is 1. The van der Waals surface area contributed by atoms with Crippen LogP contribution in [0.2, 0.25) is 5.02 Å². The van der Waals surface area contributed by atoms with E-state index in [2.05, 4.69) is 26.2 Å². The van der Waals surface area contributed by atoms with Gasteiger partial charge in [-0.2, -0.15) is 0 Å². The van der Waals surface area contributed by atoms with Crippen LogP contribution in [0, 0.1) is 0 Å².